The molecule has 0 heterocycles. The molecule has 1 atom stereocenters. The second-order valence-corrected chi connectivity index (χ2v) is 8.24. The summed E-state index contributed by atoms with van der Waals surface area (Å²) in [6.45, 7) is 8.27. The van der Waals surface area contributed by atoms with Gasteiger partial charge in [0, 0.05) is 11.6 Å². The van der Waals surface area contributed by atoms with Crippen molar-refractivity contribution in [2.24, 2.45) is 17.8 Å². The Labute approximate surface area is 133 Å². The minimum absolute atomic E-state index is 0.397. The van der Waals surface area contributed by atoms with Crippen LogP contribution in [0.4, 0.5) is 0 Å². The Morgan fingerprint density at radius 3 is 1.95 bits per heavy atom. The molecule has 1 N–H and O–H groups in total. The van der Waals surface area contributed by atoms with Gasteiger partial charge in [-0.15, -0.1) is 0 Å². The Bertz CT molecular complexity index is 297. The molecule has 0 spiro atoms. The molecule has 1 unspecified atom stereocenters. The van der Waals surface area contributed by atoms with Crippen LogP contribution in [0.3, 0.4) is 0 Å². The highest BCUT2D eigenvalue weighted by molar-refractivity contribution is 5.04. The average molecular weight is 295 g/mol. The molecule has 2 heteroatoms. The van der Waals surface area contributed by atoms with E-state index in [1.807, 2.05) is 0 Å². The molecule has 0 aromatic heterocycles. The van der Waals surface area contributed by atoms with Crippen molar-refractivity contribution in [2.45, 2.75) is 83.7 Å². The van der Waals surface area contributed by atoms with Gasteiger partial charge in [-0.2, -0.15) is 0 Å². The van der Waals surface area contributed by atoms with Crippen LogP contribution in [0.2, 0.25) is 0 Å². The fourth-order valence-electron chi connectivity index (χ4n) is 4.93. The summed E-state index contributed by atoms with van der Waals surface area (Å²) in [5.74, 6) is 2.76. The number of nitrogens with zero attached hydrogens (tertiary/aromatic N) is 1. The van der Waals surface area contributed by atoms with Gasteiger partial charge >= 0.3 is 0 Å². The summed E-state index contributed by atoms with van der Waals surface area (Å²) >= 11 is 0. The molecule has 2 aliphatic carbocycles. The monoisotopic (exact) mass is 294 g/mol. The van der Waals surface area contributed by atoms with Crippen molar-refractivity contribution < 1.29 is 0 Å². The van der Waals surface area contributed by atoms with E-state index in [4.69, 9.17) is 0 Å². The van der Waals surface area contributed by atoms with Crippen LogP contribution in [-0.4, -0.2) is 37.1 Å². The maximum Gasteiger partial charge on any atom is 0.0359 e. The quantitative estimate of drug-likeness (QED) is 0.813. The topological polar surface area (TPSA) is 15.3 Å². The summed E-state index contributed by atoms with van der Waals surface area (Å²) in [5.41, 5.74) is 0.397. The van der Waals surface area contributed by atoms with Gasteiger partial charge in [0.25, 0.3) is 0 Å². The van der Waals surface area contributed by atoms with Crippen LogP contribution in [0.25, 0.3) is 0 Å². The van der Waals surface area contributed by atoms with E-state index in [0.29, 0.717) is 11.6 Å². The maximum absolute atomic E-state index is 3.93. The van der Waals surface area contributed by atoms with Gasteiger partial charge in [0.2, 0.25) is 0 Å². The molecule has 2 aliphatic rings. The fraction of sp³-hybridized carbons (Fsp3) is 1.00. The first-order chi connectivity index (χ1) is 9.99. The predicted octanol–water partition coefficient (Wildman–Crippen LogP) is 4.30. The Morgan fingerprint density at radius 2 is 1.48 bits per heavy atom. The lowest BCUT2D eigenvalue weighted by Crippen LogP contribution is -2.63. The molecule has 0 aromatic rings. The summed E-state index contributed by atoms with van der Waals surface area (Å²) in [5, 5.41) is 3.93. The Balaban J connectivity index is 2.16. The second kappa shape index (κ2) is 7.46. The van der Waals surface area contributed by atoms with E-state index in [1.165, 1.54) is 51.4 Å². The van der Waals surface area contributed by atoms with E-state index in [0.717, 1.165) is 24.3 Å². The molecule has 2 nitrogen and oxygen atoms in total. The first kappa shape index (κ1) is 17.3. The highest BCUT2D eigenvalue weighted by Crippen LogP contribution is 2.43. The maximum atomic E-state index is 3.93. The molecular formula is C19H38N2. The van der Waals surface area contributed by atoms with Crippen LogP contribution in [0, 0.1) is 17.8 Å². The number of nitrogens with one attached hydrogen (secondary N) is 1. The van der Waals surface area contributed by atoms with Gasteiger partial charge in [0.15, 0.2) is 0 Å². The van der Waals surface area contributed by atoms with Crippen molar-refractivity contribution in [2.75, 3.05) is 20.6 Å². The van der Waals surface area contributed by atoms with Crippen LogP contribution < -0.4 is 5.32 Å². The van der Waals surface area contributed by atoms with Crippen molar-refractivity contribution >= 4 is 0 Å². The van der Waals surface area contributed by atoms with Crippen molar-refractivity contribution in [3.8, 4) is 0 Å². The van der Waals surface area contributed by atoms with Gasteiger partial charge in [-0.05, 0) is 76.9 Å². The van der Waals surface area contributed by atoms with Gasteiger partial charge in [0.05, 0.1) is 0 Å². The van der Waals surface area contributed by atoms with Gasteiger partial charge in [-0.1, -0.05) is 33.6 Å². The van der Waals surface area contributed by atoms with Crippen molar-refractivity contribution in [3.63, 3.8) is 0 Å². The molecule has 0 saturated heterocycles. The molecule has 0 aliphatic heterocycles. The van der Waals surface area contributed by atoms with Crippen molar-refractivity contribution in [1.29, 1.82) is 0 Å². The highest BCUT2D eigenvalue weighted by atomic mass is 15.2. The van der Waals surface area contributed by atoms with E-state index in [9.17, 15) is 0 Å². The summed E-state index contributed by atoms with van der Waals surface area (Å²) < 4.78 is 0. The van der Waals surface area contributed by atoms with Crippen LogP contribution in [-0.2, 0) is 0 Å². The van der Waals surface area contributed by atoms with Crippen LogP contribution >= 0.6 is 0 Å². The lowest BCUT2D eigenvalue weighted by atomic mass is 9.65. The Hall–Kier alpha value is -0.0800. The van der Waals surface area contributed by atoms with Gasteiger partial charge in [0.1, 0.15) is 0 Å². The molecular weight excluding hydrogens is 256 g/mol. The zero-order valence-electron chi connectivity index (χ0n) is 15.1. The van der Waals surface area contributed by atoms with E-state index in [1.54, 1.807) is 0 Å². The number of likely N-dealkylation sites (N-methyl/N-ethyl adjacent to an activating group) is 2. The average Bonchev–Trinajstić information content (AvgIpc) is 2.47. The summed E-state index contributed by atoms with van der Waals surface area (Å²) in [6.07, 6.45) is 11.3. The molecule has 0 aromatic carbocycles. The lowest BCUT2D eigenvalue weighted by Gasteiger charge is -2.53. The minimum atomic E-state index is 0.397. The molecule has 2 rings (SSSR count). The van der Waals surface area contributed by atoms with Crippen LogP contribution in [0.5, 0.6) is 0 Å². The Kier molecular flexibility index (Phi) is 6.14. The van der Waals surface area contributed by atoms with Crippen molar-refractivity contribution in [3.05, 3.63) is 0 Å². The molecule has 0 bridgehead atoms. The van der Waals surface area contributed by atoms with E-state index in [-0.39, 0.29) is 0 Å². The smallest absolute Gasteiger partial charge is 0.0359 e. The van der Waals surface area contributed by atoms with E-state index >= 15 is 0 Å². The highest BCUT2D eigenvalue weighted by Gasteiger charge is 2.46. The second-order valence-electron chi connectivity index (χ2n) is 8.24. The largest absolute Gasteiger partial charge is 0.312 e. The first-order valence-corrected chi connectivity index (χ1v) is 9.40. The normalized spacial score (nSPS) is 39.4. The summed E-state index contributed by atoms with van der Waals surface area (Å²) in [4.78, 5) is 2.57. The van der Waals surface area contributed by atoms with Gasteiger partial charge in [-0.3, -0.25) is 0 Å². The van der Waals surface area contributed by atoms with E-state index in [2.05, 4.69) is 45.1 Å². The number of rotatable bonds is 5. The summed E-state index contributed by atoms with van der Waals surface area (Å²) in [7, 11) is 4.65. The number of hydrogen-bond acceptors (Lipinski definition) is 2. The minimum Gasteiger partial charge on any atom is -0.312 e. The SMILES string of the molecule is CCNC(C1CCC(C)CC1)C1(N(C)C)CCC(C)CC1. The van der Waals surface area contributed by atoms with Crippen molar-refractivity contribution in [1.82, 2.24) is 10.2 Å². The molecule has 0 amide bonds. The Morgan fingerprint density at radius 1 is 0.952 bits per heavy atom. The first-order valence-electron chi connectivity index (χ1n) is 9.40. The molecule has 124 valence electrons. The number of hydrogen-bond donors (Lipinski definition) is 1. The zero-order chi connectivity index (χ0) is 15.5. The zero-order valence-corrected chi connectivity index (χ0v) is 15.1. The third-order valence-electron chi connectivity index (χ3n) is 6.57. The molecule has 2 saturated carbocycles. The van der Waals surface area contributed by atoms with Gasteiger partial charge in [-0.25, -0.2) is 0 Å². The molecule has 21 heavy (non-hydrogen) atoms. The lowest BCUT2D eigenvalue weighted by molar-refractivity contribution is 0.0113. The fourth-order valence-corrected chi connectivity index (χ4v) is 4.93. The predicted molar refractivity (Wildman–Crippen MR) is 92.6 cm³/mol. The molecule has 0 radical (unpaired) electrons. The van der Waals surface area contributed by atoms with Gasteiger partial charge < -0.3 is 10.2 Å². The summed E-state index contributed by atoms with van der Waals surface area (Å²) in [6, 6.07) is 0.692. The standard InChI is InChI=1S/C19H38N2/c1-6-20-18(17-9-7-15(2)8-10-17)19(21(4)5)13-11-16(3)12-14-19/h15-18,20H,6-14H2,1-5H3. The van der Waals surface area contributed by atoms with Crippen LogP contribution in [0.1, 0.15) is 72.1 Å². The van der Waals surface area contributed by atoms with Crippen LogP contribution in [0.15, 0.2) is 0 Å². The third-order valence-corrected chi connectivity index (χ3v) is 6.57. The molecule has 2 fully saturated rings. The third kappa shape index (κ3) is 3.82. The van der Waals surface area contributed by atoms with E-state index < -0.39 is 0 Å².